The number of thioether (sulfide) groups is 2. The Hall–Kier alpha value is -3.82. The van der Waals surface area contributed by atoms with Crippen LogP contribution in [-0.4, -0.2) is 110 Å². The normalized spacial score (nSPS) is 19.6. The number of nitrogens with zero attached hydrogens (tertiary/aromatic N) is 8. The number of oxime groups is 1. The fourth-order valence-electron chi connectivity index (χ4n) is 3.53. The lowest BCUT2D eigenvalue weighted by Crippen LogP contribution is -2.71. The molecule has 1 fully saturated rings. The number of nitrogens with two attached hydrogens (primary N) is 2. The lowest BCUT2D eigenvalue weighted by atomic mass is 10.0. The van der Waals surface area contributed by atoms with E-state index in [1.54, 1.807) is 4.68 Å². The summed E-state index contributed by atoms with van der Waals surface area (Å²) in [5, 5.41) is 36.3. The van der Waals surface area contributed by atoms with Gasteiger partial charge in [0.05, 0.1) is 0 Å². The van der Waals surface area contributed by atoms with E-state index >= 15 is 0 Å². The Morgan fingerprint density at radius 2 is 2.12 bits per heavy atom. The summed E-state index contributed by atoms with van der Waals surface area (Å²) in [7, 11) is 0. The molecule has 4 rings (SSSR count). The van der Waals surface area contributed by atoms with Gasteiger partial charge in [0, 0.05) is 29.6 Å². The molecule has 0 spiro atoms. The third kappa shape index (κ3) is 6.16. The Balaban J connectivity index is 1.48. The number of anilines is 1. The number of carbonyl (C=O) groups excluding carboxylic acids is 2. The second-order valence-corrected chi connectivity index (χ2v) is 11.0. The van der Waals surface area contributed by atoms with Crippen molar-refractivity contribution in [3.05, 3.63) is 17.1 Å². The van der Waals surface area contributed by atoms with Crippen LogP contribution in [0.1, 0.15) is 19.2 Å². The fourth-order valence-corrected chi connectivity index (χ4v) is 6.35. The first-order valence-electron chi connectivity index (χ1n) is 11.5. The Bertz CT molecular complexity index is 1380. The highest BCUT2D eigenvalue weighted by molar-refractivity contribution is 8.01. The van der Waals surface area contributed by atoms with E-state index in [4.69, 9.17) is 21.4 Å². The highest BCUT2D eigenvalue weighted by atomic mass is 32.2. The minimum Gasteiger partial charge on any atom is -0.478 e. The van der Waals surface area contributed by atoms with Gasteiger partial charge < -0.3 is 31.8 Å². The average molecular weight is 614 g/mol. The fraction of sp³-hybridized carbons (Fsp3) is 0.474. The summed E-state index contributed by atoms with van der Waals surface area (Å²) in [5.41, 5.74) is 11.0. The summed E-state index contributed by atoms with van der Waals surface area (Å²) < 4.78 is 5.47. The van der Waals surface area contributed by atoms with Crippen LogP contribution >= 0.6 is 35.1 Å². The summed E-state index contributed by atoms with van der Waals surface area (Å²) in [6.45, 7) is 2.17. The van der Waals surface area contributed by atoms with Crippen LogP contribution in [0.25, 0.3) is 0 Å². The minimum atomic E-state index is -1.39. The Morgan fingerprint density at radius 1 is 1.35 bits per heavy atom. The number of hydrogen-bond donors (Lipinski definition) is 5. The van der Waals surface area contributed by atoms with Gasteiger partial charge >= 0.3 is 11.9 Å². The second kappa shape index (κ2) is 12.6. The van der Waals surface area contributed by atoms with Gasteiger partial charge in [-0.3, -0.25) is 14.5 Å². The first kappa shape index (κ1) is 29.2. The topological polar surface area (TPSA) is 267 Å². The number of rotatable bonds is 13. The number of tetrazole rings is 1. The summed E-state index contributed by atoms with van der Waals surface area (Å²) in [6.07, 6.45) is -0.726. The SMILES string of the molecule is CC(ON=C(C(=O)NC1C(=O)N2C(C(=O)O)=C(CSc3nnnn3CCCN)CS[C@H]12)c1nsc(N)n1)C(=O)O. The van der Waals surface area contributed by atoms with E-state index in [9.17, 15) is 24.3 Å². The maximum atomic E-state index is 13.1. The van der Waals surface area contributed by atoms with E-state index in [-0.39, 0.29) is 28.2 Å². The number of hydrogen-bond acceptors (Lipinski definition) is 16. The van der Waals surface area contributed by atoms with Crippen LogP contribution in [0.5, 0.6) is 0 Å². The van der Waals surface area contributed by atoms with Gasteiger partial charge in [0.2, 0.25) is 22.8 Å². The number of fused-ring (bicyclic) bond motifs is 1. The third-order valence-electron chi connectivity index (χ3n) is 5.50. The molecule has 214 valence electrons. The number of carboxylic acid groups (broad SMARTS) is 2. The largest absolute Gasteiger partial charge is 0.478 e. The van der Waals surface area contributed by atoms with Crippen molar-refractivity contribution in [2.45, 2.75) is 42.6 Å². The molecule has 7 N–H and O–H groups in total. The molecule has 2 aromatic heterocycles. The molecule has 21 heteroatoms. The predicted molar refractivity (Wildman–Crippen MR) is 141 cm³/mol. The Morgan fingerprint density at radius 3 is 2.77 bits per heavy atom. The molecule has 2 aliphatic rings. The Labute approximate surface area is 237 Å². The summed E-state index contributed by atoms with van der Waals surface area (Å²) in [4.78, 5) is 59.2. The van der Waals surface area contributed by atoms with Gasteiger partial charge in [-0.25, -0.2) is 14.3 Å². The molecular weight excluding hydrogens is 590 g/mol. The van der Waals surface area contributed by atoms with Crippen LogP contribution in [0.15, 0.2) is 21.6 Å². The molecule has 40 heavy (non-hydrogen) atoms. The van der Waals surface area contributed by atoms with Crippen LogP contribution in [0, 0.1) is 0 Å². The summed E-state index contributed by atoms with van der Waals surface area (Å²) in [6, 6.07) is -1.09. The van der Waals surface area contributed by atoms with Crippen molar-refractivity contribution >= 4 is 69.7 Å². The average Bonchev–Trinajstić information content (AvgIpc) is 3.56. The molecule has 2 amide bonds. The number of aliphatic carboxylic acids is 2. The summed E-state index contributed by atoms with van der Waals surface area (Å²) >= 11 is 3.27. The number of β-lactam (4-membered cyclic amide) rings is 1. The van der Waals surface area contributed by atoms with Gasteiger partial charge in [-0.15, -0.1) is 16.9 Å². The zero-order valence-corrected chi connectivity index (χ0v) is 23.1. The molecule has 4 heterocycles. The van der Waals surface area contributed by atoms with Crippen LogP contribution in [-0.2, 0) is 30.6 Å². The third-order valence-corrected chi connectivity index (χ3v) is 8.43. The summed E-state index contributed by atoms with van der Waals surface area (Å²) in [5.74, 6) is -3.93. The first-order chi connectivity index (χ1) is 19.1. The van der Waals surface area contributed by atoms with E-state index in [2.05, 4.69) is 35.4 Å². The zero-order valence-electron chi connectivity index (χ0n) is 20.7. The molecule has 0 saturated carbocycles. The van der Waals surface area contributed by atoms with Crippen molar-refractivity contribution in [1.29, 1.82) is 0 Å². The maximum Gasteiger partial charge on any atom is 0.352 e. The molecule has 18 nitrogen and oxygen atoms in total. The molecule has 0 bridgehead atoms. The second-order valence-electron chi connectivity index (χ2n) is 8.22. The maximum absolute atomic E-state index is 13.1. The smallest absolute Gasteiger partial charge is 0.352 e. The lowest BCUT2D eigenvalue weighted by molar-refractivity contribution is -0.150. The van der Waals surface area contributed by atoms with Gasteiger partial charge in [0.25, 0.3) is 11.8 Å². The molecule has 0 radical (unpaired) electrons. The molecule has 2 aromatic rings. The van der Waals surface area contributed by atoms with Gasteiger partial charge in [0.1, 0.15) is 17.1 Å². The lowest BCUT2D eigenvalue weighted by Gasteiger charge is -2.49. The van der Waals surface area contributed by atoms with Gasteiger partial charge in [-0.2, -0.15) is 9.36 Å². The number of carboxylic acids is 2. The van der Waals surface area contributed by atoms with Crippen molar-refractivity contribution in [1.82, 2.24) is 39.8 Å². The van der Waals surface area contributed by atoms with Crippen LogP contribution < -0.4 is 16.8 Å². The van der Waals surface area contributed by atoms with Crippen molar-refractivity contribution in [3.8, 4) is 0 Å². The van der Waals surface area contributed by atoms with Crippen LogP contribution in [0.4, 0.5) is 5.13 Å². The standard InChI is InChI=1S/C19H23N11O7S3/c1-7(16(33)34)37-25-9(12-23-18(21)40-26-12)13(31)22-10-14(32)30-11(17(35)36)8(5-38-15(10)30)6-39-19-24-27-28-29(19)4-2-3-20/h7,10,15H,2-6,20H2,1H3,(H,22,31)(H,33,34)(H,35,36)(H2,21,23,26)/t7?,10?,15-/m1/s1. The highest BCUT2D eigenvalue weighted by Gasteiger charge is 2.54. The van der Waals surface area contributed by atoms with Gasteiger partial charge in [0.15, 0.2) is 5.13 Å². The first-order valence-corrected chi connectivity index (χ1v) is 14.3. The molecule has 0 aromatic carbocycles. The predicted octanol–water partition coefficient (Wildman–Crippen LogP) is -1.82. The highest BCUT2D eigenvalue weighted by Crippen LogP contribution is 2.41. The molecule has 1 saturated heterocycles. The van der Waals surface area contributed by atoms with Crippen molar-refractivity contribution < 1.29 is 34.2 Å². The molecular formula is C19H23N11O7S3. The number of amides is 2. The van der Waals surface area contributed by atoms with Crippen molar-refractivity contribution in [2.75, 3.05) is 23.8 Å². The Kier molecular flexibility index (Phi) is 9.17. The quantitative estimate of drug-likeness (QED) is 0.0720. The number of aryl methyl sites for hydroxylation is 1. The molecule has 3 atom stereocenters. The zero-order chi connectivity index (χ0) is 29.0. The van der Waals surface area contributed by atoms with Gasteiger partial charge in [-0.05, 0) is 35.9 Å². The number of carbonyl (C=O) groups is 4. The van der Waals surface area contributed by atoms with E-state index < -0.39 is 47.0 Å². The van der Waals surface area contributed by atoms with Gasteiger partial charge in [-0.1, -0.05) is 16.9 Å². The van der Waals surface area contributed by atoms with E-state index in [0.29, 0.717) is 30.2 Å². The number of nitrogen functional groups attached to an aromatic ring is 1. The van der Waals surface area contributed by atoms with E-state index in [0.717, 1.165) is 16.4 Å². The number of aromatic nitrogens is 6. The van der Waals surface area contributed by atoms with Crippen LogP contribution in [0.3, 0.4) is 0 Å². The molecule has 2 aliphatic heterocycles. The van der Waals surface area contributed by atoms with Crippen molar-refractivity contribution in [2.24, 2.45) is 10.9 Å². The minimum absolute atomic E-state index is 0.0190. The monoisotopic (exact) mass is 613 g/mol. The van der Waals surface area contributed by atoms with Crippen molar-refractivity contribution in [3.63, 3.8) is 0 Å². The van der Waals surface area contributed by atoms with E-state index in [1.807, 2.05) is 0 Å². The number of nitrogens with one attached hydrogen (secondary N) is 1. The molecule has 2 unspecified atom stereocenters. The van der Waals surface area contributed by atoms with Crippen LogP contribution in [0.2, 0.25) is 0 Å². The van der Waals surface area contributed by atoms with E-state index in [1.165, 1.54) is 30.4 Å². The molecule has 0 aliphatic carbocycles.